The summed E-state index contributed by atoms with van der Waals surface area (Å²) in [6.45, 7) is 0. The molecule has 2 aromatic heterocycles. The molecule has 108 valence electrons. The fourth-order valence-corrected chi connectivity index (χ4v) is 2.31. The summed E-state index contributed by atoms with van der Waals surface area (Å²) in [6.07, 6.45) is 0. The van der Waals surface area contributed by atoms with Crippen LogP contribution in [0.3, 0.4) is 0 Å². The van der Waals surface area contributed by atoms with Gasteiger partial charge in [-0.15, -0.1) is 0 Å². The molecule has 1 aromatic carbocycles. The fourth-order valence-electron chi connectivity index (χ4n) is 2.09. The lowest BCUT2D eigenvalue weighted by molar-refractivity contribution is 0.948. The second-order valence-corrected chi connectivity index (χ2v) is 4.84. The first kappa shape index (κ1) is 13.9. The van der Waals surface area contributed by atoms with Gasteiger partial charge < -0.3 is 11.5 Å². The van der Waals surface area contributed by atoms with Crippen molar-refractivity contribution in [3.63, 3.8) is 0 Å². The first-order valence-electron chi connectivity index (χ1n) is 6.16. The Labute approximate surface area is 129 Å². The molecule has 22 heavy (non-hydrogen) atoms. The number of nitriles is 1. The van der Waals surface area contributed by atoms with Crippen molar-refractivity contribution in [3.8, 4) is 11.9 Å². The molecule has 0 aliphatic carbocycles. The highest BCUT2D eigenvalue weighted by Gasteiger charge is 2.17. The minimum atomic E-state index is -0.688. The van der Waals surface area contributed by atoms with Crippen LogP contribution < -0.4 is 17.0 Å². The standard InChI is InChI=1S/C14H9ClN6O/c15-12-13(20-10-4-2-1-3-9(10)19-12)21-11(18)5-8(17)7(6-16)14(21)22/h1-5H,17-18H2. The molecule has 0 aliphatic heterocycles. The number of fused-ring (bicyclic) bond motifs is 1. The van der Waals surface area contributed by atoms with E-state index in [4.69, 9.17) is 28.3 Å². The van der Waals surface area contributed by atoms with Crippen molar-refractivity contribution in [1.82, 2.24) is 14.5 Å². The highest BCUT2D eigenvalue weighted by atomic mass is 35.5. The van der Waals surface area contributed by atoms with E-state index in [9.17, 15) is 4.79 Å². The molecule has 7 nitrogen and oxygen atoms in total. The van der Waals surface area contributed by atoms with Gasteiger partial charge in [-0.05, 0) is 12.1 Å². The predicted molar refractivity (Wildman–Crippen MR) is 83.7 cm³/mol. The van der Waals surface area contributed by atoms with Crippen molar-refractivity contribution in [2.45, 2.75) is 0 Å². The van der Waals surface area contributed by atoms with Crippen molar-refractivity contribution >= 4 is 34.1 Å². The highest BCUT2D eigenvalue weighted by Crippen LogP contribution is 2.22. The minimum absolute atomic E-state index is 0.00108. The molecule has 0 atom stereocenters. The van der Waals surface area contributed by atoms with E-state index in [2.05, 4.69) is 9.97 Å². The van der Waals surface area contributed by atoms with Crippen molar-refractivity contribution in [2.75, 3.05) is 11.5 Å². The predicted octanol–water partition coefficient (Wildman–Crippen LogP) is 1.47. The molecule has 0 saturated carbocycles. The van der Waals surface area contributed by atoms with Gasteiger partial charge in [0.05, 0.1) is 16.7 Å². The van der Waals surface area contributed by atoms with Crippen LogP contribution in [0.4, 0.5) is 11.5 Å². The zero-order valence-corrected chi connectivity index (χ0v) is 11.9. The lowest BCUT2D eigenvalue weighted by atomic mass is 10.2. The van der Waals surface area contributed by atoms with Crippen molar-refractivity contribution < 1.29 is 0 Å². The third-order valence-corrected chi connectivity index (χ3v) is 3.36. The zero-order chi connectivity index (χ0) is 15.9. The van der Waals surface area contributed by atoms with Crippen molar-refractivity contribution in [2.24, 2.45) is 0 Å². The van der Waals surface area contributed by atoms with Crippen LogP contribution in [0.25, 0.3) is 16.9 Å². The first-order valence-corrected chi connectivity index (χ1v) is 6.54. The van der Waals surface area contributed by atoms with E-state index in [1.54, 1.807) is 30.3 Å². The van der Waals surface area contributed by atoms with Crippen LogP contribution >= 0.6 is 11.6 Å². The number of rotatable bonds is 1. The largest absolute Gasteiger partial charge is 0.397 e. The number of nitrogen functional groups attached to an aromatic ring is 2. The van der Waals surface area contributed by atoms with Crippen LogP contribution in [0, 0.1) is 11.3 Å². The van der Waals surface area contributed by atoms with Gasteiger partial charge >= 0.3 is 0 Å². The number of benzene rings is 1. The number of halogens is 1. The fraction of sp³-hybridized carbons (Fsp3) is 0. The Hall–Kier alpha value is -3.11. The Bertz CT molecular complexity index is 1000. The molecule has 0 spiro atoms. The van der Waals surface area contributed by atoms with Crippen LogP contribution in [0.15, 0.2) is 35.1 Å². The summed E-state index contributed by atoms with van der Waals surface area (Å²) < 4.78 is 1.02. The Morgan fingerprint density at radius 1 is 1.18 bits per heavy atom. The number of hydrogen-bond acceptors (Lipinski definition) is 6. The van der Waals surface area contributed by atoms with E-state index in [1.165, 1.54) is 6.07 Å². The number of nitrogens with two attached hydrogens (primary N) is 2. The lowest BCUT2D eigenvalue weighted by Gasteiger charge is -2.12. The Morgan fingerprint density at radius 3 is 2.45 bits per heavy atom. The van der Waals surface area contributed by atoms with Gasteiger partial charge in [-0.2, -0.15) is 5.26 Å². The normalized spacial score (nSPS) is 10.5. The second kappa shape index (κ2) is 5.02. The smallest absolute Gasteiger partial charge is 0.278 e. The molecule has 8 heteroatoms. The topological polar surface area (TPSA) is 124 Å². The lowest BCUT2D eigenvalue weighted by Crippen LogP contribution is -2.26. The molecule has 0 radical (unpaired) electrons. The van der Waals surface area contributed by atoms with Crippen molar-refractivity contribution in [1.29, 1.82) is 5.26 Å². The zero-order valence-electron chi connectivity index (χ0n) is 11.1. The summed E-state index contributed by atoms with van der Waals surface area (Å²) in [6, 6.07) is 10.1. The Balaban J connectivity index is 2.40. The maximum Gasteiger partial charge on any atom is 0.278 e. The van der Waals surface area contributed by atoms with Gasteiger partial charge in [0.2, 0.25) is 0 Å². The van der Waals surface area contributed by atoms with Gasteiger partial charge in [-0.1, -0.05) is 23.7 Å². The van der Waals surface area contributed by atoms with Crippen LogP contribution in [-0.2, 0) is 0 Å². The number of anilines is 2. The highest BCUT2D eigenvalue weighted by molar-refractivity contribution is 6.31. The average molecular weight is 313 g/mol. The summed E-state index contributed by atoms with van der Waals surface area (Å²) in [7, 11) is 0. The third kappa shape index (κ3) is 2.03. The molecule has 0 unspecified atom stereocenters. The molecular formula is C14H9ClN6O. The third-order valence-electron chi connectivity index (χ3n) is 3.10. The molecular weight excluding hydrogens is 304 g/mol. The van der Waals surface area contributed by atoms with Gasteiger partial charge in [-0.3, -0.25) is 4.79 Å². The number of para-hydroxylation sites is 2. The second-order valence-electron chi connectivity index (χ2n) is 4.48. The first-order chi connectivity index (χ1) is 10.5. The minimum Gasteiger partial charge on any atom is -0.397 e. The maximum absolute atomic E-state index is 12.4. The molecule has 0 bridgehead atoms. The van der Waals surface area contributed by atoms with Crippen molar-refractivity contribution in [3.05, 3.63) is 51.4 Å². The Kier molecular flexibility index (Phi) is 3.16. The molecule has 0 aliphatic rings. The summed E-state index contributed by atoms with van der Waals surface area (Å²) in [4.78, 5) is 20.9. The summed E-state index contributed by atoms with van der Waals surface area (Å²) in [5.41, 5.74) is 11.7. The molecule has 4 N–H and O–H groups in total. The molecule has 0 saturated heterocycles. The van der Waals surface area contributed by atoms with Gasteiger partial charge in [-0.25, -0.2) is 14.5 Å². The number of hydrogen-bond donors (Lipinski definition) is 2. The summed E-state index contributed by atoms with van der Waals surface area (Å²) in [5.74, 6) is 0.0762. The van der Waals surface area contributed by atoms with E-state index in [1.807, 2.05) is 0 Å². The van der Waals surface area contributed by atoms with Crippen LogP contribution in [0.5, 0.6) is 0 Å². The molecule has 3 rings (SSSR count). The van der Waals surface area contributed by atoms with E-state index in [0.29, 0.717) is 11.0 Å². The molecule has 0 fully saturated rings. The molecule has 3 aromatic rings. The van der Waals surface area contributed by atoms with E-state index < -0.39 is 5.56 Å². The van der Waals surface area contributed by atoms with Gasteiger partial charge in [0.15, 0.2) is 11.0 Å². The summed E-state index contributed by atoms with van der Waals surface area (Å²) >= 11 is 6.11. The van der Waals surface area contributed by atoms with E-state index in [-0.39, 0.29) is 28.0 Å². The van der Waals surface area contributed by atoms with Gasteiger partial charge in [0.25, 0.3) is 5.56 Å². The number of pyridine rings is 1. The summed E-state index contributed by atoms with van der Waals surface area (Å²) in [5, 5.41) is 9.05. The van der Waals surface area contributed by atoms with Crippen LogP contribution in [0.1, 0.15) is 5.56 Å². The van der Waals surface area contributed by atoms with Gasteiger partial charge in [0, 0.05) is 6.07 Å². The average Bonchev–Trinajstić information content (AvgIpc) is 2.47. The quantitative estimate of drug-likeness (QED) is 0.701. The number of nitrogens with zero attached hydrogens (tertiary/aromatic N) is 4. The van der Waals surface area contributed by atoms with E-state index >= 15 is 0 Å². The molecule has 2 heterocycles. The Morgan fingerprint density at radius 2 is 1.82 bits per heavy atom. The monoisotopic (exact) mass is 312 g/mol. The van der Waals surface area contributed by atoms with Gasteiger partial charge in [0.1, 0.15) is 17.5 Å². The maximum atomic E-state index is 12.4. The van der Waals surface area contributed by atoms with E-state index in [0.717, 1.165) is 4.57 Å². The van der Waals surface area contributed by atoms with Crippen LogP contribution in [-0.4, -0.2) is 14.5 Å². The SMILES string of the molecule is N#Cc1c(N)cc(N)n(-c2nc3ccccc3nc2Cl)c1=O. The molecule has 0 amide bonds. The van der Waals surface area contributed by atoms with Crippen LogP contribution in [0.2, 0.25) is 5.15 Å². The number of aromatic nitrogens is 3.